The lowest BCUT2D eigenvalue weighted by molar-refractivity contribution is 0.598. The predicted octanol–water partition coefficient (Wildman–Crippen LogP) is 4.46. The first-order chi connectivity index (χ1) is 9.29. The Morgan fingerprint density at radius 1 is 1.10 bits per heavy atom. The highest BCUT2D eigenvalue weighted by Crippen LogP contribution is 2.31. The third-order valence-electron chi connectivity index (χ3n) is 2.57. The van der Waals surface area contributed by atoms with Crippen LogP contribution >= 0.6 is 31.9 Å². The first-order valence-electron chi connectivity index (χ1n) is 5.53. The molecule has 0 fully saturated rings. The number of nitrogens with one attached hydrogen (secondary N) is 1. The molecule has 0 spiro atoms. The van der Waals surface area contributed by atoms with Gasteiger partial charge in [0.15, 0.2) is 0 Å². The average molecular weight is 423 g/mol. The number of hydrogen-bond donors (Lipinski definition) is 1. The van der Waals surface area contributed by atoms with Crippen molar-refractivity contribution < 1.29 is 12.8 Å². The highest BCUT2D eigenvalue weighted by Gasteiger charge is 2.18. The van der Waals surface area contributed by atoms with Crippen LogP contribution in [0.4, 0.5) is 10.1 Å². The zero-order valence-electron chi connectivity index (χ0n) is 10.3. The molecule has 2 aromatic carbocycles. The third kappa shape index (κ3) is 3.39. The van der Waals surface area contributed by atoms with E-state index in [2.05, 4.69) is 36.6 Å². The standard InChI is InChI=1S/C13H10Br2FNO2S/c1-8-2-4-10(5-3-8)20(18,19)17-13-11(15)6-9(14)7-12(13)16/h2-7,17H,1H3. The molecule has 1 N–H and O–H groups in total. The molecule has 0 aliphatic carbocycles. The van der Waals surface area contributed by atoms with Crippen molar-refractivity contribution in [3.63, 3.8) is 0 Å². The van der Waals surface area contributed by atoms with E-state index in [4.69, 9.17) is 0 Å². The molecule has 0 aliphatic rings. The average Bonchev–Trinajstić information content (AvgIpc) is 2.34. The van der Waals surface area contributed by atoms with Crippen molar-refractivity contribution in [3.05, 3.63) is 56.7 Å². The predicted molar refractivity (Wildman–Crippen MR) is 83.8 cm³/mol. The Morgan fingerprint density at radius 3 is 2.25 bits per heavy atom. The lowest BCUT2D eigenvalue weighted by Gasteiger charge is -2.11. The largest absolute Gasteiger partial charge is 0.275 e. The molecule has 0 amide bonds. The van der Waals surface area contributed by atoms with E-state index >= 15 is 0 Å². The van der Waals surface area contributed by atoms with Gasteiger partial charge in [-0.15, -0.1) is 0 Å². The monoisotopic (exact) mass is 421 g/mol. The molecule has 0 aliphatic heterocycles. The van der Waals surface area contributed by atoms with Crippen LogP contribution in [0, 0.1) is 12.7 Å². The van der Waals surface area contributed by atoms with Gasteiger partial charge in [-0.3, -0.25) is 4.72 Å². The summed E-state index contributed by atoms with van der Waals surface area (Å²) < 4.78 is 41.3. The van der Waals surface area contributed by atoms with Gasteiger partial charge in [-0.05, 0) is 47.1 Å². The van der Waals surface area contributed by atoms with Gasteiger partial charge < -0.3 is 0 Å². The molecule has 0 heterocycles. The maximum absolute atomic E-state index is 13.8. The molecule has 3 nitrogen and oxygen atoms in total. The van der Waals surface area contributed by atoms with Crippen LogP contribution in [0.1, 0.15) is 5.56 Å². The van der Waals surface area contributed by atoms with Crippen molar-refractivity contribution in [1.82, 2.24) is 0 Å². The van der Waals surface area contributed by atoms with E-state index in [1.165, 1.54) is 18.2 Å². The third-order valence-corrected chi connectivity index (χ3v) is 5.02. The molecule has 0 saturated heterocycles. The quantitative estimate of drug-likeness (QED) is 0.793. The minimum Gasteiger partial charge on any atom is -0.275 e. The topological polar surface area (TPSA) is 46.2 Å². The van der Waals surface area contributed by atoms with Gasteiger partial charge in [-0.2, -0.15) is 0 Å². The van der Waals surface area contributed by atoms with E-state index < -0.39 is 15.8 Å². The summed E-state index contributed by atoms with van der Waals surface area (Å²) in [5.41, 5.74) is 0.828. The smallest absolute Gasteiger partial charge is 0.262 e. The molecular weight excluding hydrogens is 413 g/mol. The van der Waals surface area contributed by atoms with Crippen LogP contribution in [0.15, 0.2) is 50.2 Å². The Kier molecular flexibility index (Phi) is 4.51. The second-order valence-electron chi connectivity index (χ2n) is 4.16. The summed E-state index contributed by atoms with van der Waals surface area (Å²) in [6, 6.07) is 9.07. The zero-order valence-corrected chi connectivity index (χ0v) is 14.3. The van der Waals surface area contributed by atoms with Crippen LogP contribution in [-0.4, -0.2) is 8.42 Å². The van der Waals surface area contributed by atoms with Gasteiger partial charge in [0, 0.05) is 8.95 Å². The normalized spacial score (nSPS) is 11.4. The number of benzene rings is 2. The van der Waals surface area contributed by atoms with Gasteiger partial charge >= 0.3 is 0 Å². The number of hydrogen-bond acceptors (Lipinski definition) is 2. The van der Waals surface area contributed by atoms with Crippen molar-refractivity contribution in [2.45, 2.75) is 11.8 Å². The summed E-state index contributed by atoms with van der Waals surface area (Å²) >= 11 is 6.27. The van der Waals surface area contributed by atoms with Crippen LogP contribution in [0.5, 0.6) is 0 Å². The molecule has 20 heavy (non-hydrogen) atoms. The van der Waals surface area contributed by atoms with Crippen molar-refractivity contribution in [3.8, 4) is 0 Å². The SMILES string of the molecule is Cc1ccc(S(=O)(=O)Nc2c(F)cc(Br)cc2Br)cc1. The molecule has 2 rings (SSSR count). The van der Waals surface area contributed by atoms with E-state index in [9.17, 15) is 12.8 Å². The molecule has 0 radical (unpaired) electrons. The summed E-state index contributed by atoms with van der Waals surface area (Å²) in [7, 11) is -3.82. The van der Waals surface area contributed by atoms with Gasteiger partial charge in [0.05, 0.1) is 10.6 Å². The Morgan fingerprint density at radius 2 is 1.70 bits per heavy atom. The van der Waals surface area contributed by atoms with Crippen molar-refractivity contribution in [2.24, 2.45) is 0 Å². The highest BCUT2D eigenvalue weighted by molar-refractivity contribution is 9.11. The molecule has 0 saturated carbocycles. The van der Waals surface area contributed by atoms with E-state index in [-0.39, 0.29) is 10.6 Å². The minimum atomic E-state index is -3.82. The fourth-order valence-electron chi connectivity index (χ4n) is 1.55. The Balaban J connectivity index is 2.41. The number of aryl methyl sites for hydroxylation is 1. The fraction of sp³-hybridized carbons (Fsp3) is 0.0769. The van der Waals surface area contributed by atoms with E-state index in [1.54, 1.807) is 18.2 Å². The first kappa shape index (κ1) is 15.5. The van der Waals surface area contributed by atoms with Gasteiger partial charge in [0.25, 0.3) is 10.0 Å². The maximum atomic E-state index is 13.8. The van der Waals surface area contributed by atoms with Gasteiger partial charge in [0.1, 0.15) is 5.82 Å². The summed E-state index contributed by atoms with van der Waals surface area (Å²) in [6.45, 7) is 1.86. The lowest BCUT2D eigenvalue weighted by Crippen LogP contribution is -2.14. The second-order valence-corrected chi connectivity index (χ2v) is 7.62. The minimum absolute atomic E-state index is 0.0809. The highest BCUT2D eigenvalue weighted by atomic mass is 79.9. The molecule has 0 aromatic heterocycles. The van der Waals surface area contributed by atoms with Crippen LogP contribution < -0.4 is 4.72 Å². The van der Waals surface area contributed by atoms with Crippen LogP contribution in [0.25, 0.3) is 0 Å². The molecule has 7 heteroatoms. The molecule has 106 valence electrons. The number of halogens is 3. The van der Waals surface area contributed by atoms with E-state index in [0.29, 0.717) is 8.95 Å². The molecule has 0 atom stereocenters. The number of anilines is 1. The second kappa shape index (κ2) is 5.83. The summed E-state index contributed by atoms with van der Waals surface area (Å²) in [5, 5.41) is 0. The van der Waals surface area contributed by atoms with Crippen molar-refractivity contribution in [1.29, 1.82) is 0 Å². The Hall–Kier alpha value is -0.920. The van der Waals surface area contributed by atoms with Crippen LogP contribution in [0.3, 0.4) is 0 Å². The number of sulfonamides is 1. The fourth-order valence-corrected chi connectivity index (χ4v) is 4.04. The lowest BCUT2D eigenvalue weighted by atomic mass is 10.2. The molecule has 2 aromatic rings. The number of rotatable bonds is 3. The first-order valence-corrected chi connectivity index (χ1v) is 8.60. The van der Waals surface area contributed by atoms with E-state index in [1.807, 2.05) is 6.92 Å². The molecule has 0 bridgehead atoms. The molecule has 0 unspecified atom stereocenters. The van der Waals surface area contributed by atoms with Crippen molar-refractivity contribution in [2.75, 3.05) is 4.72 Å². The summed E-state index contributed by atoms with van der Waals surface area (Å²) in [5.74, 6) is -0.665. The van der Waals surface area contributed by atoms with Gasteiger partial charge in [0.2, 0.25) is 0 Å². The summed E-state index contributed by atoms with van der Waals surface area (Å²) in [4.78, 5) is 0.0809. The van der Waals surface area contributed by atoms with E-state index in [0.717, 1.165) is 5.56 Å². The zero-order chi connectivity index (χ0) is 14.9. The van der Waals surface area contributed by atoms with Crippen molar-refractivity contribution >= 4 is 47.6 Å². The Bertz CT molecular complexity index is 722. The van der Waals surface area contributed by atoms with Gasteiger partial charge in [-0.25, -0.2) is 12.8 Å². The summed E-state index contributed by atoms with van der Waals surface area (Å²) in [6.07, 6.45) is 0. The van der Waals surface area contributed by atoms with Gasteiger partial charge in [-0.1, -0.05) is 33.6 Å². The molecular formula is C13H10Br2FNO2S. The van der Waals surface area contributed by atoms with Crippen LogP contribution in [0.2, 0.25) is 0 Å². The Labute approximate surface area is 133 Å². The maximum Gasteiger partial charge on any atom is 0.262 e. The van der Waals surface area contributed by atoms with Crippen LogP contribution in [-0.2, 0) is 10.0 Å².